The molecule has 0 spiro atoms. The largest absolute Gasteiger partial charge is 0.192 e. The van der Waals surface area contributed by atoms with Crippen LogP contribution in [0.2, 0.25) is 0 Å². The molecule has 0 aliphatic carbocycles. The van der Waals surface area contributed by atoms with Gasteiger partial charge in [-0.25, -0.2) is 0 Å². The lowest BCUT2D eigenvalue weighted by molar-refractivity contribution is 1.07. The normalized spacial score (nSPS) is 9.13. The summed E-state index contributed by atoms with van der Waals surface area (Å²) in [5.41, 5.74) is 11.6. The van der Waals surface area contributed by atoms with Crippen molar-refractivity contribution in [3.63, 3.8) is 0 Å². The van der Waals surface area contributed by atoms with Crippen molar-refractivity contribution in [2.45, 2.75) is 26.7 Å². The highest BCUT2D eigenvalue weighted by molar-refractivity contribution is 5.54. The number of azide groups is 1. The molecule has 0 amide bonds. The maximum absolute atomic E-state index is 9.03. The van der Waals surface area contributed by atoms with Gasteiger partial charge in [-0.15, -0.1) is 0 Å². The van der Waals surface area contributed by atoms with Gasteiger partial charge in [0.25, 0.3) is 0 Å². The fourth-order valence-electron chi connectivity index (χ4n) is 1.56. The Labute approximate surface area is 88.8 Å². The minimum Gasteiger partial charge on any atom is -0.192 e. The van der Waals surface area contributed by atoms with Crippen molar-refractivity contribution in [2.24, 2.45) is 5.11 Å². The maximum Gasteiger partial charge on any atom is 0.0997 e. The van der Waals surface area contributed by atoms with E-state index < -0.39 is 0 Å². The average molecular weight is 200 g/mol. The van der Waals surface area contributed by atoms with Crippen LogP contribution in [0.4, 0.5) is 5.69 Å². The van der Waals surface area contributed by atoms with Crippen molar-refractivity contribution in [1.82, 2.24) is 0 Å². The number of nitriles is 1. The SMILES string of the molecule is CCc1cc(N=[N+]=[N-])cc(CC)c1C#N. The molecule has 0 bridgehead atoms. The van der Waals surface area contributed by atoms with Crippen LogP contribution in [0.25, 0.3) is 10.4 Å². The smallest absolute Gasteiger partial charge is 0.0997 e. The number of rotatable bonds is 3. The molecule has 4 nitrogen and oxygen atoms in total. The lowest BCUT2D eigenvalue weighted by Gasteiger charge is -2.07. The summed E-state index contributed by atoms with van der Waals surface area (Å²) < 4.78 is 0. The summed E-state index contributed by atoms with van der Waals surface area (Å²) in [4.78, 5) is 2.75. The van der Waals surface area contributed by atoms with E-state index in [2.05, 4.69) is 16.1 Å². The van der Waals surface area contributed by atoms with E-state index in [0.29, 0.717) is 5.69 Å². The topological polar surface area (TPSA) is 72.6 Å². The molecule has 1 aromatic carbocycles. The first-order valence-electron chi connectivity index (χ1n) is 4.87. The Balaban J connectivity index is 3.43. The van der Waals surface area contributed by atoms with Crippen LogP contribution in [-0.4, -0.2) is 0 Å². The van der Waals surface area contributed by atoms with Crippen LogP contribution in [-0.2, 0) is 12.8 Å². The molecule has 0 N–H and O–H groups in total. The molecule has 0 radical (unpaired) electrons. The predicted octanol–water partition coefficient (Wildman–Crippen LogP) is 3.62. The standard InChI is InChI=1S/C11H12N4/c1-3-8-5-10(14-15-13)6-9(4-2)11(8)7-12/h5-6H,3-4H2,1-2H3. The molecule has 76 valence electrons. The van der Waals surface area contributed by atoms with Crippen LogP contribution in [0.15, 0.2) is 17.2 Å². The fourth-order valence-corrected chi connectivity index (χ4v) is 1.56. The number of hydrogen-bond donors (Lipinski definition) is 0. The van der Waals surface area contributed by atoms with Crippen LogP contribution >= 0.6 is 0 Å². The zero-order valence-corrected chi connectivity index (χ0v) is 8.86. The first kappa shape index (κ1) is 11.1. The van der Waals surface area contributed by atoms with Gasteiger partial charge in [-0.2, -0.15) is 5.26 Å². The molecule has 0 saturated heterocycles. The van der Waals surface area contributed by atoms with Gasteiger partial charge in [0.15, 0.2) is 0 Å². The molecule has 0 unspecified atom stereocenters. The summed E-state index contributed by atoms with van der Waals surface area (Å²) in [6.07, 6.45) is 1.54. The van der Waals surface area contributed by atoms with Crippen molar-refractivity contribution >= 4 is 5.69 Å². The second-order valence-electron chi connectivity index (χ2n) is 3.15. The van der Waals surface area contributed by atoms with Gasteiger partial charge in [-0.3, -0.25) is 0 Å². The monoisotopic (exact) mass is 200 g/mol. The van der Waals surface area contributed by atoms with E-state index in [0.717, 1.165) is 29.5 Å². The van der Waals surface area contributed by atoms with Gasteiger partial charge in [-0.05, 0) is 41.6 Å². The third kappa shape index (κ3) is 2.28. The summed E-state index contributed by atoms with van der Waals surface area (Å²) in [6, 6.07) is 5.75. The van der Waals surface area contributed by atoms with Crippen molar-refractivity contribution < 1.29 is 0 Å². The van der Waals surface area contributed by atoms with Crippen LogP contribution in [0.3, 0.4) is 0 Å². The summed E-state index contributed by atoms with van der Waals surface area (Å²) in [7, 11) is 0. The van der Waals surface area contributed by atoms with E-state index in [1.807, 2.05) is 13.8 Å². The van der Waals surface area contributed by atoms with E-state index in [4.69, 9.17) is 10.8 Å². The van der Waals surface area contributed by atoms with Crippen LogP contribution in [0.1, 0.15) is 30.5 Å². The number of hydrogen-bond acceptors (Lipinski definition) is 2. The van der Waals surface area contributed by atoms with E-state index in [-0.39, 0.29) is 0 Å². The molecule has 15 heavy (non-hydrogen) atoms. The highest BCUT2D eigenvalue weighted by Gasteiger charge is 2.07. The average Bonchev–Trinajstić information content (AvgIpc) is 2.28. The molecule has 0 aromatic heterocycles. The van der Waals surface area contributed by atoms with Crippen molar-refractivity contribution in [2.75, 3.05) is 0 Å². The molecule has 4 heteroatoms. The highest BCUT2D eigenvalue weighted by atomic mass is 15.1. The molecular weight excluding hydrogens is 188 g/mol. The van der Waals surface area contributed by atoms with E-state index in [1.54, 1.807) is 12.1 Å². The van der Waals surface area contributed by atoms with Gasteiger partial charge in [0.1, 0.15) is 0 Å². The molecule has 0 aliphatic rings. The van der Waals surface area contributed by atoms with Crippen LogP contribution in [0.5, 0.6) is 0 Å². The molecule has 0 fully saturated rings. The summed E-state index contributed by atoms with van der Waals surface area (Å²) in [5.74, 6) is 0. The van der Waals surface area contributed by atoms with E-state index in [1.165, 1.54) is 0 Å². The van der Waals surface area contributed by atoms with E-state index in [9.17, 15) is 0 Å². The van der Waals surface area contributed by atoms with E-state index >= 15 is 0 Å². The number of nitrogens with zero attached hydrogens (tertiary/aromatic N) is 4. The molecule has 1 aromatic rings. The Morgan fingerprint density at radius 3 is 2.20 bits per heavy atom. The van der Waals surface area contributed by atoms with Gasteiger partial charge in [0.05, 0.1) is 11.6 Å². The lowest BCUT2D eigenvalue weighted by atomic mass is 9.97. The minimum atomic E-state index is 0.588. The highest BCUT2D eigenvalue weighted by Crippen LogP contribution is 2.23. The lowest BCUT2D eigenvalue weighted by Crippen LogP contribution is -1.94. The summed E-state index contributed by atoms with van der Waals surface area (Å²) in [5, 5.41) is 12.6. The van der Waals surface area contributed by atoms with Gasteiger partial charge in [0.2, 0.25) is 0 Å². The zero-order chi connectivity index (χ0) is 11.3. The number of benzene rings is 1. The van der Waals surface area contributed by atoms with Gasteiger partial charge < -0.3 is 0 Å². The molecule has 0 heterocycles. The first-order valence-corrected chi connectivity index (χ1v) is 4.87. The minimum absolute atomic E-state index is 0.588. The molecule has 0 atom stereocenters. The zero-order valence-electron chi connectivity index (χ0n) is 8.86. The van der Waals surface area contributed by atoms with Gasteiger partial charge >= 0.3 is 0 Å². The first-order chi connectivity index (χ1) is 7.26. The Kier molecular flexibility index (Phi) is 3.73. The van der Waals surface area contributed by atoms with Crippen molar-refractivity contribution in [3.8, 4) is 6.07 Å². The number of aryl methyl sites for hydroxylation is 2. The van der Waals surface area contributed by atoms with Crippen molar-refractivity contribution in [1.29, 1.82) is 5.26 Å². The van der Waals surface area contributed by atoms with Gasteiger partial charge in [-0.1, -0.05) is 19.0 Å². The van der Waals surface area contributed by atoms with Crippen molar-refractivity contribution in [3.05, 3.63) is 39.3 Å². The Bertz CT molecular complexity index is 425. The predicted molar refractivity (Wildman–Crippen MR) is 58.7 cm³/mol. The summed E-state index contributed by atoms with van der Waals surface area (Å²) >= 11 is 0. The maximum atomic E-state index is 9.03. The summed E-state index contributed by atoms with van der Waals surface area (Å²) in [6.45, 7) is 3.96. The second kappa shape index (κ2) is 5.04. The Morgan fingerprint density at radius 1 is 1.33 bits per heavy atom. The molecule has 0 aliphatic heterocycles. The second-order valence-corrected chi connectivity index (χ2v) is 3.15. The molecule has 1 rings (SSSR count). The van der Waals surface area contributed by atoms with Gasteiger partial charge in [0, 0.05) is 10.6 Å². The molecule has 0 saturated carbocycles. The third-order valence-electron chi connectivity index (χ3n) is 2.32. The van der Waals surface area contributed by atoms with Crippen LogP contribution in [0, 0.1) is 11.3 Å². The third-order valence-corrected chi connectivity index (χ3v) is 2.32. The quantitative estimate of drug-likeness (QED) is 0.417. The van der Waals surface area contributed by atoms with Crippen LogP contribution < -0.4 is 0 Å². The Hall–Kier alpha value is -1.98. The Morgan fingerprint density at radius 2 is 1.87 bits per heavy atom. The molecular formula is C11H12N4. The fraction of sp³-hybridized carbons (Fsp3) is 0.364.